The fourth-order valence-electron chi connectivity index (χ4n) is 1.46. The summed E-state index contributed by atoms with van der Waals surface area (Å²) >= 11 is 5.73. The zero-order valence-electron chi connectivity index (χ0n) is 9.72. The summed E-state index contributed by atoms with van der Waals surface area (Å²) in [6.45, 7) is 4.06. The van der Waals surface area contributed by atoms with Crippen molar-refractivity contribution in [2.24, 2.45) is 11.7 Å². The number of halogens is 2. The molecule has 0 aromatic heterocycles. The molecule has 0 heterocycles. The van der Waals surface area contributed by atoms with Crippen LogP contribution in [-0.4, -0.2) is 4.92 Å². The van der Waals surface area contributed by atoms with Gasteiger partial charge in [0.2, 0.25) is 0 Å². The molecule has 0 aliphatic carbocycles. The van der Waals surface area contributed by atoms with Crippen LogP contribution in [-0.2, 0) is 0 Å². The Kier molecular flexibility index (Phi) is 6.45. The first-order valence-corrected chi connectivity index (χ1v) is 5.54. The highest BCUT2D eigenvalue weighted by atomic mass is 35.5. The van der Waals surface area contributed by atoms with E-state index < -0.39 is 4.92 Å². The number of nitrogens with zero attached hydrogens (tertiary/aromatic N) is 1. The molecule has 0 aliphatic rings. The van der Waals surface area contributed by atoms with Gasteiger partial charge in [-0.3, -0.25) is 10.1 Å². The van der Waals surface area contributed by atoms with Crippen LogP contribution in [0, 0.1) is 16.0 Å². The smallest absolute Gasteiger partial charge is 0.288 e. The van der Waals surface area contributed by atoms with Crippen LogP contribution in [0.2, 0.25) is 5.02 Å². The van der Waals surface area contributed by atoms with Crippen molar-refractivity contribution in [3.8, 4) is 0 Å². The minimum atomic E-state index is -0.491. The van der Waals surface area contributed by atoms with E-state index in [9.17, 15) is 10.1 Å². The Hall–Kier alpha value is -0.840. The summed E-state index contributed by atoms with van der Waals surface area (Å²) in [6, 6.07) is 4.53. The van der Waals surface area contributed by atoms with Crippen LogP contribution in [0.3, 0.4) is 0 Å². The van der Waals surface area contributed by atoms with E-state index >= 15 is 0 Å². The lowest BCUT2D eigenvalue weighted by Gasteiger charge is -2.18. The topological polar surface area (TPSA) is 69.2 Å². The molecule has 96 valence electrons. The third-order valence-corrected chi connectivity index (χ3v) is 3.13. The van der Waals surface area contributed by atoms with E-state index in [0.29, 0.717) is 0 Å². The van der Waals surface area contributed by atoms with Gasteiger partial charge in [-0.05, 0) is 17.5 Å². The normalized spacial score (nSPS) is 13.6. The molecule has 0 radical (unpaired) electrons. The van der Waals surface area contributed by atoms with Crippen molar-refractivity contribution in [1.29, 1.82) is 0 Å². The highest BCUT2D eigenvalue weighted by molar-refractivity contribution is 6.32. The molecule has 0 amide bonds. The maximum absolute atomic E-state index is 10.7. The van der Waals surface area contributed by atoms with E-state index in [1.54, 1.807) is 6.07 Å². The molecule has 1 unspecified atom stereocenters. The van der Waals surface area contributed by atoms with Gasteiger partial charge < -0.3 is 5.73 Å². The molecule has 0 aliphatic heterocycles. The molecule has 1 rings (SSSR count). The van der Waals surface area contributed by atoms with Gasteiger partial charge in [-0.15, -0.1) is 12.4 Å². The molecule has 1 aromatic rings. The third-order valence-electron chi connectivity index (χ3n) is 2.81. The minimum absolute atomic E-state index is 0. The lowest BCUT2D eigenvalue weighted by Crippen LogP contribution is -2.18. The van der Waals surface area contributed by atoms with Crippen LogP contribution in [0.15, 0.2) is 18.2 Å². The van der Waals surface area contributed by atoms with Crippen LogP contribution >= 0.6 is 24.0 Å². The number of hydrogen-bond acceptors (Lipinski definition) is 3. The van der Waals surface area contributed by atoms with Gasteiger partial charge >= 0.3 is 0 Å². The molecule has 4 nitrogen and oxygen atoms in total. The van der Waals surface area contributed by atoms with Crippen molar-refractivity contribution in [1.82, 2.24) is 0 Å². The van der Waals surface area contributed by atoms with Gasteiger partial charge in [-0.2, -0.15) is 0 Å². The number of rotatable bonds is 4. The van der Waals surface area contributed by atoms with Crippen molar-refractivity contribution in [2.75, 3.05) is 0 Å². The quantitative estimate of drug-likeness (QED) is 0.674. The van der Waals surface area contributed by atoms with Gasteiger partial charge in [0.1, 0.15) is 5.02 Å². The predicted molar refractivity (Wildman–Crippen MR) is 71.7 cm³/mol. The SMILES string of the molecule is CCC(C)[C@@H](N)c1ccc(Cl)c([N+](=O)[O-])c1.Cl. The molecular weight excluding hydrogens is 263 g/mol. The van der Waals surface area contributed by atoms with E-state index in [4.69, 9.17) is 17.3 Å². The Morgan fingerprint density at radius 3 is 2.59 bits per heavy atom. The molecule has 0 fully saturated rings. The Balaban J connectivity index is 0.00000256. The van der Waals surface area contributed by atoms with Crippen LogP contribution < -0.4 is 5.73 Å². The van der Waals surface area contributed by atoms with Crippen molar-refractivity contribution < 1.29 is 4.92 Å². The maximum Gasteiger partial charge on any atom is 0.288 e. The molecule has 2 atom stereocenters. The first-order chi connectivity index (χ1) is 7.47. The Morgan fingerprint density at radius 1 is 1.53 bits per heavy atom. The molecule has 2 N–H and O–H groups in total. The number of nitro groups is 1. The highest BCUT2D eigenvalue weighted by Crippen LogP contribution is 2.30. The Bertz CT molecular complexity index is 399. The zero-order chi connectivity index (χ0) is 12.3. The first-order valence-electron chi connectivity index (χ1n) is 5.16. The Labute approximate surface area is 112 Å². The summed E-state index contributed by atoms with van der Waals surface area (Å²) in [6.07, 6.45) is 0.928. The van der Waals surface area contributed by atoms with Gasteiger partial charge in [-0.25, -0.2) is 0 Å². The van der Waals surface area contributed by atoms with Crippen molar-refractivity contribution in [3.05, 3.63) is 38.9 Å². The molecule has 6 heteroatoms. The fourth-order valence-corrected chi connectivity index (χ4v) is 1.65. The second kappa shape index (κ2) is 6.79. The molecule has 0 bridgehead atoms. The van der Waals surface area contributed by atoms with Crippen molar-refractivity contribution in [3.63, 3.8) is 0 Å². The molecule has 1 aromatic carbocycles. The van der Waals surface area contributed by atoms with Gasteiger partial charge in [-0.1, -0.05) is 37.9 Å². The van der Waals surface area contributed by atoms with Crippen molar-refractivity contribution in [2.45, 2.75) is 26.3 Å². The highest BCUT2D eigenvalue weighted by Gasteiger charge is 2.18. The molecule has 17 heavy (non-hydrogen) atoms. The molecule has 0 saturated carbocycles. The van der Waals surface area contributed by atoms with E-state index in [2.05, 4.69) is 0 Å². The zero-order valence-corrected chi connectivity index (χ0v) is 11.3. The number of hydrogen-bond donors (Lipinski definition) is 1. The van der Waals surface area contributed by atoms with E-state index in [0.717, 1.165) is 12.0 Å². The largest absolute Gasteiger partial charge is 0.324 e. The maximum atomic E-state index is 10.7. The van der Waals surface area contributed by atoms with Crippen LogP contribution in [0.4, 0.5) is 5.69 Å². The minimum Gasteiger partial charge on any atom is -0.324 e. The van der Waals surface area contributed by atoms with Gasteiger partial charge in [0.25, 0.3) is 5.69 Å². The average Bonchev–Trinajstić information content (AvgIpc) is 2.27. The molecule has 0 saturated heterocycles. The lowest BCUT2D eigenvalue weighted by atomic mass is 9.93. The van der Waals surface area contributed by atoms with Gasteiger partial charge in [0.05, 0.1) is 4.92 Å². The summed E-state index contributed by atoms with van der Waals surface area (Å²) in [5.74, 6) is 0.278. The van der Waals surface area contributed by atoms with Gasteiger partial charge in [0.15, 0.2) is 0 Å². The van der Waals surface area contributed by atoms with E-state index in [1.807, 2.05) is 13.8 Å². The fraction of sp³-hybridized carbons (Fsp3) is 0.455. The number of benzene rings is 1. The van der Waals surface area contributed by atoms with Crippen LogP contribution in [0.5, 0.6) is 0 Å². The third kappa shape index (κ3) is 3.84. The summed E-state index contributed by atoms with van der Waals surface area (Å²) in [5.41, 5.74) is 6.67. The van der Waals surface area contributed by atoms with E-state index in [-0.39, 0.29) is 35.1 Å². The predicted octanol–water partition coefficient (Wildman–Crippen LogP) is 3.72. The monoisotopic (exact) mass is 278 g/mol. The second-order valence-electron chi connectivity index (χ2n) is 3.88. The summed E-state index contributed by atoms with van der Waals surface area (Å²) in [4.78, 5) is 10.2. The van der Waals surface area contributed by atoms with Crippen LogP contribution in [0.25, 0.3) is 0 Å². The number of nitrogens with two attached hydrogens (primary N) is 1. The van der Waals surface area contributed by atoms with Crippen LogP contribution in [0.1, 0.15) is 31.9 Å². The molecular formula is C11H16Cl2N2O2. The average molecular weight is 279 g/mol. The standard InChI is InChI=1S/C11H15ClN2O2.ClH/c1-3-7(2)11(13)8-4-5-9(12)10(6-8)14(15)16;/h4-7,11H,3,13H2,1-2H3;1H/t7?,11-;/m1./s1. The van der Waals surface area contributed by atoms with Gasteiger partial charge in [0, 0.05) is 12.1 Å². The summed E-state index contributed by atoms with van der Waals surface area (Å²) < 4.78 is 0. The number of nitro benzene ring substituents is 1. The lowest BCUT2D eigenvalue weighted by molar-refractivity contribution is -0.384. The van der Waals surface area contributed by atoms with Crippen molar-refractivity contribution >= 4 is 29.7 Å². The van der Waals surface area contributed by atoms with E-state index in [1.165, 1.54) is 12.1 Å². The molecule has 0 spiro atoms. The Morgan fingerprint density at radius 2 is 2.12 bits per heavy atom. The summed E-state index contributed by atoms with van der Waals surface area (Å²) in [7, 11) is 0. The first kappa shape index (κ1) is 16.2. The second-order valence-corrected chi connectivity index (χ2v) is 4.29. The summed E-state index contributed by atoms with van der Waals surface area (Å²) in [5, 5.41) is 10.9.